The van der Waals surface area contributed by atoms with Crippen LogP contribution in [-0.2, 0) is 25.3 Å². The molecule has 0 radical (unpaired) electrons. The first-order valence-electron chi connectivity index (χ1n) is 7.67. The van der Waals surface area contributed by atoms with Crippen LogP contribution in [-0.4, -0.2) is 14.2 Å². The van der Waals surface area contributed by atoms with E-state index in [1.54, 1.807) is 13.8 Å². The topological polar surface area (TPSA) is 43.4 Å². The van der Waals surface area contributed by atoms with Crippen molar-refractivity contribution in [1.82, 2.24) is 0 Å². The molecule has 0 aliphatic heterocycles. The van der Waals surface area contributed by atoms with E-state index in [4.69, 9.17) is 4.18 Å². The maximum absolute atomic E-state index is 12.6. The van der Waals surface area contributed by atoms with Gasteiger partial charge in [0.25, 0.3) is 10.1 Å². The molecule has 4 heteroatoms. The summed E-state index contributed by atoms with van der Waals surface area (Å²) in [6.45, 7) is 7.38. The zero-order valence-corrected chi connectivity index (χ0v) is 14.9. The second kappa shape index (κ2) is 6.46. The van der Waals surface area contributed by atoms with Gasteiger partial charge in [0.05, 0.1) is 5.75 Å². The van der Waals surface area contributed by atoms with Crippen LogP contribution >= 0.6 is 0 Å². The van der Waals surface area contributed by atoms with Crippen molar-refractivity contribution in [3.05, 3.63) is 71.8 Å². The van der Waals surface area contributed by atoms with Gasteiger partial charge in [-0.15, -0.1) is 0 Å². The van der Waals surface area contributed by atoms with Gasteiger partial charge in [0.2, 0.25) is 0 Å². The standard InChI is InChI=1S/C19H24O3S/c1-18(2,16-11-7-5-8-12-16)15-23(20,21)22-19(3,4)17-13-9-6-10-14-17/h5-14H,15H2,1-4H3. The third kappa shape index (κ3) is 4.66. The minimum absolute atomic E-state index is 0.0692. The van der Waals surface area contributed by atoms with Gasteiger partial charge in [-0.25, -0.2) is 0 Å². The lowest BCUT2D eigenvalue weighted by Gasteiger charge is -2.29. The highest BCUT2D eigenvalue weighted by Gasteiger charge is 2.34. The highest BCUT2D eigenvalue weighted by atomic mass is 32.2. The summed E-state index contributed by atoms with van der Waals surface area (Å²) in [7, 11) is -3.69. The van der Waals surface area contributed by atoms with Gasteiger partial charge in [0.15, 0.2) is 0 Å². The first-order chi connectivity index (χ1) is 10.6. The Balaban J connectivity index is 2.19. The molecule has 0 N–H and O–H groups in total. The molecule has 3 nitrogen and oxygen atoms in total. The molecule has 0 aromatic heterocycles. The molecule has 2 aromatic rings. The molecule has 0 saturated carbocycles. The third-order valence-electron chi connectivity index (χ3n) is 3.90. The van der Waals surface area contributed by atoms with Crippen LogP contribution in [0.25, 0.3) is 0 Å². The van der Waals surface area contributed by atoms with Crippen LogP contribution in [0, 0.1) is 0 Å². The molecule has 0 spiro atoms. The summed E-state index contributed by atoms with van der Waals surface area (Å²) < 4.78 is 30.7. The summed E-state index contributed by atoms with van der Waals surface area (Å²) in [5, 5.41) is 0. The highest BCUT2D eigenvalue weighted by Crippen LogP contribution is 2.31. The van der Waals surface area contributed by atoms with Gasteiger partial charge in [-0.05, 0) is 25.0 Å². The van der Waals surface area contributed by atoms with E-state index in [1.807, 2.05) is 74.5 Å². The maximum atomic E-state index is 12.6. The molecule has 0 aliphatic rings. The normalized spacial score (nSPS) is 13.0. The zero-order chi connectivity index (χ0) is 17.1. The van der Waals surface area contributed by atoms with Gasteiger partial charge in [-0.1, -0.05) is 74.5 Å². The lowest BCUT2D eigenvalue weighted by atomic mass is 9.87. The zero-order valence-electron chi connectivity index (χ0n) is 14.1. The number of hydrogen-bond donors (Lipinski definition) is 0. The highest BCUT2D eigenvalue weighted by molar-refractivity contribution is 7.86. The summed E-state index contributed by atoms with van der Waals surface area (Å²) in [4.78, 5) is 0. The van der Waals surface area contributed by atoms with Crippen molar-refractivity contribution < 1.29 is 12.6 Å². The fourth-order valence-electron chi connectivity index (χ4n) is 2.65. The van der Waals surface area contributed by atoms with Crippen molar-refractivity contribution in [2.24, 2.45) is 0 Å². The Morgan fingerprint density at radius 2 is 1.22 bits per heavy atom. The molecule has 23 heavy (non-hydrogen) atoms. The molecule has 0 aliphatic carbocycles. The third-order valence-corrected chi connectivity index (χ3v) is 5.64. The van der Waals surface area contributed by atoms with Crippen molar-refractivity contribution in [3.63, 3.8) is 0 Å². The summed E-state index contributed by atoms with van der Waals surface area (Å²) in [5.41, 5.74) is 0.394. The minimum Gasteiger partial charge on any atom is -0.259 e. The molecule has 0 bridgehead atoms. The van der Waals surface area contributed by atoms with Gasteiger partial charge in [-0.3, -0.25) is 4.18 Å². The first kappa shape index (κ1) is 17.7. The van der Waals surface area contributed by atoms with Crippen LogP contribution in [0.4, 0.5) is 0 Å². The average molecular weight is 332 g/mol. The van der Waals surface area contributed by atoms with E-state index in [2.05, 4.69) is 0 Å². The maximum Gasteiger partial charge on any atom is 0.269 e. The predicted molar refractivity (Wildman–Crippen MR) is 93.8 cm³/mol. The van der Waals surface area contributed by atoms with Crippen molar-refractivity contribution in [1.29, 1.82) is 0 Å². The average Bonchev–Trinajstić information content (AvgIpc) is 2.47. The van der Waals surface area contributed by atoms with Gasteiger partial charge >= 0.3 is 0 Å². The monoisotopic (exact) mass is 332 g/mol. The first-order valence-corrected chi connectivity index (χ1v) is 9.25. The van der Waals surface area contributed by atoms with Crippen molar-refractivity contribution in [3.8, 4) is 0 Å². The molecule has 0 heterocycles. The smallest absolute Gasteiger partial charge is 0.259 e. The van der Waals surface area contributed by atoms with Crippen LogP contribution < -0.4 is 0 Å². The van der Waals surface area contributed by atoms with E-state index in [-0.39, 0.29) is 5.75 Å². The number of rotatable bonds is 6. The summed E-state index contributed by atoms with van der Waals surface area (Å²) in [6.07, 6.45) is 0. The molecule has 0 amide bonds. The lowest BCUT2D eigenvalue weighted by molar-refractivity contribution is 0.116. The fourth-order valence-corrected chi connectivity index (χ4v) is 4.49. The largest absolute Gasteiger partial charge is 0.269 e. The predicted octanol–water partition coefficient (Wildman–Crippen LogP) is 4.25. The molecule has 124 valence electrons. The Morgan fingerprint density at radius 1 is 0.783 bits per heavy atom. The van der Waals surface area contributed by atoms with Crippen LogP contribution in [0.1, 0.15) is 38.8 Å². The van der Waals surface area contributed by atoms with Crippen LogP contribution in [0.5, 0.6) is 0 Å². The Kier molecular flexibility index (Phi) is 4.97. The van der Waals surface area contributed by atoms with Gasteiger partial charge in [0, 0.05) is 5.41 Å². The molecule has 0 atom stereocenters. The van der Waals surface area contributed by atoms with E-state index >= 15 is 0 Å². The van der Waals surface area contributed by atoms with E-state index in [0.29, 0.717) is 0 Å². The summed E-state index contributed by atoms with van der Waals surface area (Å²) in [6, 6.07) is 19.0. The summed E-state index contributed by atoms with van der Waals surface area (Å²) in [5.74, 6) is -0.0692. The van der Waals surface area contributed by atoms with Crippen molar-refractivity contribution in [2.75, 3.05) is 5.75 Å². The van der Waals surface area contributed by atoms with E-state index in [0.717, 1.165) is 11.1 Å². The van der Waals surface area contributed by atoms with Gasteiger partial charge < -0.3 is 0 Å². The van der Waals surface area contributed by atoms with E-state index in [1.165, 1.54) is 0 Å². The molecular weight excluding hydrogens is 308 g/mol. The quantitative estimate of drug-likeness (QED) is 0.743. The van der Waals surface area contributed by atoms with Crippen LogP contribution in [0.3, 0.4) is 0 Å². The van der Waals surface area contributed by atoms with Crippen molar-refractivity contribution >= 4 is 10.1 Å². The van der Waals surface area contributed by atoms with Crippen LogP contribution in [0.2, 0.25) is 0 Å². The van der Waals surface area contributed by atoms with Crippen LogP contribution in [0.15, 0.2) is 60.7 Å². The van der Waals surface area contributed by atoms with E-state index in [9.17, 15) is 8.42 Å². The number of hydrogen-bond acceptors (Lipinski definition) is 3. The number of benzene rings is 2. The molecule has 2 aromatic carbocycles. The molecule has 0 fully saturated rings. The molecule has 2 rings (SSSR count). The Hall–Kier alpha value is -1.65. The van der Waals surface area contributed by atoms with E-state index < -0.39 is 21.1 Å². The van der Waals surface area contributed by atoms with Gasteiger partial charge in [0.1, 0.15) is 5.60 Å². The Bertz CT molecular complexity index is 673. The molecule has 0 saturated heterocycles. The second-order valence-electron chi connectivity index (χ2n) is 6.91. The minimum atomic E-state index is -3.69. The molecule has 0 unspecified atom stereocenters. The summed E-state index contributed by atoms with van der Waals surface area (Å²) >= 11 is 0. The Morgan fingerprint density at radius 3 is 1.70 bits per heavy atom. The molecular formula is C19H24O3S. The van der Waals surface area contributed by atoms with Crippen molar-refractivity contribution in [2.45, 2.75) is 38.7 Å². The lowest BCUT2D eigenvalue weighted by Crippen LogP contribution is -2.34. The second-order valence-corrected chi connectivity index (χ2v) is 8.48. The Labute approximate surface area is 139 Å². The SMILES string of the molecule is CC(C)(CS(=O)(=O)OC(C)(C)c1ccccc1)c1ccccc1. The van der Waals surface area contributed by atoms with Gasteiger partial charge in [-0.2, -0.15) is 8.42 Å². The fraction of sp³-hybridized carbons (Fsp3) is 0.368.